The average molecular weight is 427 g/mol. The molecule has 0 aliphatic carbocycles. The van der Waals surface area contributed by atoms with Crippen molar-refractivity contribution in [2.75, 3.05) is 40.4 Å². The summed E-state index contributed by atoms with van der Waals surface area (Å²) >= 11 is 3.34. The molecule has 0 aromatic heterocycles. The molecule has 0 saturated carbocycles. The van der Waals surface area contributed by atoms with E-state index in [4.69, 9.17) is 9.47 Å². The fraction of sp³-hybridized carbons (Fsp3) is 0.562. The Morgan fingerprint density at radius 3 is 2.60 bits per heavy atom. The summed E-state index contributed by atoms with van der Waals surface area (Å²) in [5.41, 5.74) is 0.371. The molecule has 5 nitrogen and oxygen atoms in total. The van der Waals surface area contributed by atoms with Crippen LogP contribution in [0.1, 0.15) is 23.7 Å². The van der Waals surface area contributed by atoms with Gasteiger partial charge in [0.2, 0.25) is 0 Å². The van der Waals surface area contributed by atoms with Crippen molar-refractivity contribution in [1.82, 2.24) is 10.2 Å². The Balaban J connectivity index is 2.56. The highest BCUT2D eigenvalue weighted by molar-refractivity contribution is 9.10. The highest BCUT2D eigenvalue weighted by Crippen LogP contribution is 2.36. The summed E-state index contributed by atoms with van der Waals surface area (Å²) in [6.07, 6.45) is -3.81. The summed E-state index contributed by atoms with van der Waals surface area (Å²) in [7, 11) is 2.87. The van der Waals surface area contributed by atoms with Gasteiger partial charge in [-0.2, -0.15) is 13.2 Å². The predicted octanol–water partition coefficient (Wildman–Crippen LogP) is 3.47. The maximum atomic E-state index is 12.2. The Bertz CT molecular complexity index is 582. The zero-order chi connectivity index (χ0) is 19.0. The molecule has 0 aliphatic rings. The van der Waals surface area contributed by atoms with Gasteiger partial charge < -0.3 is 14.8 Å². The normalized spacial score (nSPS) is 11.5. The van der Waals surface area contributed by atoms with Gasteiger partial charge in [0.05, 0.1) is 24.7 Å². The number of rotatable bonds is 9. The van der Waals surface area contributed by atoms with Crippen molar-refractivity contribution in [3.63, 3.8) is 0 Å². The Kier molecular flexibility index (Phi) is 8.51. The topological polar surface area (TPSA) is 50.8 Å². The first-order valence-corrected chi connectivity index (χ1v) is 8.51. The van der Waals surface area contributed by atoms with E-state index in [1.807, 2.05) is 6.92 Å². The fourth-order valence-corrected chi connectivity index (χ4v) is 2.73. The number of amides is 1. The molecule has 1 N–H and O–H groups in total. The minimum Gasteiger partial charge on any atom is -0.493 e. The zero-order valence-electron chi connectivity index (χ0n) is 14.4. The molecule has 1 aromatic carbocycles. The second kappa shape index (κ2) is 9.86. The highest BCUT2D eigenvalue weighted by Gasteiger charge is 2.28. The molecule has 142 valence electrons. The van der Waals surface area contributed by atoms with Crippen LogP contribution in [-0.4, -0.2) is 57.4 Å². The second-order valence-corrected chi connectivity index (χ2v) is 6.24. The Hall–Kier alpha value is -1.48. The summed E-state index contributed by atoms with van der Waals surface area (Å²) in [4.78, 5) is 13.4. The number of hydrogen-bond donors (Lipinski definition) is 1. The number of hydrogen-bond acceptors (Lipinski definition) is 4. The third-order valence-corrected chi connectivity index (χ3v) is 3.82. The second-order valence-electron chi connectivity index (χ2n) is 5.38. The number of methoxy groups -OCH3 is 1. The predicted molar refractivity (Wildman–Crippen MR) is 92.4 cm³/mol. The standard InChI is InChI=1S/C16H22BrF3N2O3/c1-4-25-14-12(17)8-11(9-13(14)24-3)15(23)21-6-5-7-22(2)10-16(18,19)20/h8-9H,4-7,10H2,1-3H3,(H,21,23). The lowest BCUT2D eigenvalue weighted by atomic mass is 10.2. The van der Waals surface area contributed by atoms with Crippen LogP contribution in [0.5, 0.6) is 11.5 Å². The van der Waals surface area contributed by atoms with Gasteiger partial charge in [0.15, 0.2) is 11.5 Å². The molecule has 0 heterocycles. The number of nitrogens with one attached hydrogen (secondary N) is 1. The van der Waals surface area contributed by atoms with Gasteiger partial charge in [-0.05, 0) is 55.0 Å². The van der Waals surface area contributed by atoms with Gasteiger partial charge in [-0.3, -0.25) is 9.69 Å². The molecule has 0 radical (unpaired) electrons. The number of carbonyl (C=O) groups is 1. The van der Waals surface area contributed by atoms with Crippen LogP contribution in [0.4, 0.5) is 13.2 Å². The molecule has 1 amide bonds. The summed E-state index contributed by atoms with van der Waals surface area (Å²) < 4.78 is 47.9. The maximum Gasteiger partial charge on any atom is 0.401 e. The van der Waals surface area contributed by atoms with E-state index >= 15 is 0 Å². The molecular weight excluding hydrogens is 405 g/mol. The quantitative estimate of drug-likeness (QED) is 0.614. The van der Waals surface area contributed by atoms with Crippen molar-refractivity contribution in [2.45, 2.75) is 19.5 Å². The molecule has 0 fully saturated rings. The van der Waals surface area contributed by atoms with E-state index in [-0.39, 0.29) is 19.0 Å². The molecule has 0 bridgehead atoms. The Morgan fingerprint density at radius 2 is 2.04 bits per heavy atom. The lowest BCUT2D eigenvalue weighted by molar-refractivity contribution is -0.143. The lowest BCUT2D eigenvalue weighted by Crippen LogP contribution is -2.33. The third kappa shape index (κ3) is 7.52. The van der Waals surface area contributed by atoms with Crippen LogP contribution in [0.15, 0.2) is 16.6 Å². The van der Waals surface area contributed by atoms with E-state index in [0.717, 1.165) is 0 Å². The van der Waals surface area contributed by atoms with Crippen molar-refractivity contribution in [3.05, 3.63) is 22.2 Å². The van der Waals surface area contributed by atoms with E-state index < -0.39 is 12.7 Å². The molecular formula is C16H22BrF3N2O3. The molecule has 25 heavy (non-hydrogen) atoms. The maximum absolute atomic E-state index is 12.2. The Labute approximate surface area is 153 Å². The Morgan fingerprint density at radius 1 is 1.36 bits per heavy atom. The molecule has 0 spiro atoms. The van der Waals surface area contributed by atoms with Crippen molar-refractivity contribution in [1.29, 1.82) is 0 Å². The van der Waals surface area contributed by atoms with Gasteiger partial charge in [0, 0.05) is 12.1 Å². The molecule has 9 heteroatoms. The van der Waals surface area contributed by atoms with Crippen LogP contribution in [-0.2, 0) is 0 Å². The van der Waals surface area contributed by atoms with Crippen LogP contribution in [0.2, 0.25) is 0 Å². The van der Waals surface area contributed by atoms with Crippen molar-refractivity contribution in [2.24, 2.45) is 0 Å². The molecule has 0 aliphatic heterocycles. The van der Waals surface area contributed by atoms with Crippen LogP contribution >= 0.6 is 15.9 Å². The number of halogens is 4. The molecule has 0 unspecified atom stereocenters. The minimum atomic E-state index is -4.22. The molecule has 0 atom stereocenters. The summed E-state index contributed by atoms with van der Waals surface area (Å²) in [5, 5.41) is 2.68. The highest BCUT2D eigenvalue weighted by atomic mass is 79.9. The molecule has 1 aromatic rings. The van der Waals surface area contributed by atoms with Gasteiger partial charge in [0.1, 0.15) is 0 Å². The van der Waals surface area contributed by atoms with E-state index in [2.05, 4.69) is 21.2 Å². The largest absolute Gasteiger partial charge is 0.493 e. The van der Waals surface area contributed by atoms with Crippen LogP contribution < -0.4 is 14.8 Å². The van der Waals surface area contributed by atoms with E-state index in [9.17, 15) is 18.0 Å². The van der Waals surface area contributed by atoms with Gasteiger partial charge >= 0.3 is 6.18 Å². The van der Waals surface area contributed by atoms with Crippen molar-refractivity contribution in [3.8, 4) is 11.5 Å². The van der Waals surface area contributed by atoms with E-state index in [0.29, 0.717) is 34.6 Å². The summed E-state index contributed by atoms with van der Waals surface area (Å²) in [6.45, 7) is 1.82. The van der Waals surface area contributed by atoms with Crippen molar-refractivity contribution >= 4 is 21.8 Å². The van der Waals surface area contributed by atoms with Gasteiger partial charge in [0.25, 0.3) is 5.91 Å². The number of nitrogens with zero attached hydrogens (tertiary/aromatic N) is 1. The zero-order valence-corrected chi connectivity index (χ0v) is 16.0. The lowest BCUT2D eigenvalue weighted by Gasteiger charge is -2.18. The minimum absolute atomic E-state index is 0.232. The summed E-state index contributed by atoms with van der Waals surface area (Å²) in [6, 6.07) is 3.17. The smallest absolute Gasteiger partial charge is 0.401 e. The molecule has 0 saturated heterocycles. The van der Waals surface area contributed by atoms with Crippen molar-refractivity contribution < 1.29 is 27.4 Å². The first-order valence-electron chi connectivity index (χ1n) is 7.71. The van der Waals surface area contributed by atoms with Crippen LogP contribution in [0.25, 0.3) is 0 Å². The van der Waals surface area contributed by atoms with Crippen LogP contribution in [0, 0.1) is 0 Å². The number of carbonyl (C=O) groups excluding carboxylic acids is 1. The number of alkyl halides is 3. The molecule has 1 rings (SSSR count). The fourth-order valence-electron chi connectivity index (χ4n) is 2.17. The average Bonchev–Trinajstić information content (AvgIpc) is 2.51. The third-order valence-electron chi connectivity index (χ3n) is 3.23. The van der Waals surface area contributed by atoms with E-state index in [1.165, 1.54) is 19.1 Å². The SMILES string of the molecule is CCOc1c(Br)cc(C(=O)NCCCN(C)CC(F)(F)F)cc1OC. The number of ether oxygens (including phenoxy) is 2. The van der Waals surface area contributed by atoms with E-state index in [1.54, 1.807) is 12.1 Å². The monoisotopic (exact) mass is 426 g/mol. The van der Waals surface area contributed by atoms with Crippen LogP contribution in [0.3, 0.4) is 0 Å². The van der Waals surface area contributed by atoms with Gasteiger partial charge in [-0.25, -0.2) is 0 Å². The number of benzene rings is 1. The van der Waals surface area contributed by atoms with Gasteiger partial charge in [-0.15, -0.1) is 0 Å². The first-order chi connectivity index (χ1) is 11.7. The first kappa shape index (κ1) is 21.6. The van der Waals surface area contributed by atoms with Gasteiger partial charge in [-0.1, -0.05) is 0 Å². The summed E-state index contributed by atoms with van der Waals surface area (Å²) in [5.74, 6) is 0.599.